The largest absolute Gasteiger partial charge is 1.00 e. The van der Waals surface area contributed by atoms with E-state index in [0.29, 0.717) is 78.2 Å². The molecule has 0 aliphatic heterocycles. The van der Waals surface area contributed by atoms with Gasteiger partial charge in [-0.25, -0.2) is 42.1 Å². The topological polar surface area (TPSA) is 388 Å². The predicted octanol–water partition coefficient (Wildman–Crippen LogP) is -3.51. The Kier molecular flexibility index (Phi) is 41.2. The quantitative estimate of drug-likeness (QED) is 0.0520. The third kappa shape index (κ3) is 29.7. The number of hydrogen-bond donors (Lipinski definition) is 2. The van der Waals surface area contributed by atoms with E-state index in [1.54, 1.807) is 86.6 Å². The molecule has 0 heterocycles. The summed E-state index contributed by atoms with van der Waals surface area (Å²) < 4.78 is 202. The van der Waals surface area contributed by atoms with E-state index in [0.717, 1.165) is 51.1 Å². The van der Waals surface area contributed by atoms with Gasteiger partial charge < -0.3 is 37.9 Å². The van der Waals surface area contributed by atoms with Gasteiger partial charge in [-0.1, -0.05) is 115 Å². The number of hydrogen-bond acceptors (Lipinski definition) is 22. The number of ketones is 1. The number of rotatable bonds is 21. The van der Waals surface area contributed by atoms with Crippen LogP contribution in [0.2, 0.25) is 0 Å². The molecule has 23 nitrogen and oxygen atoms in total. The van der Waals surface area contributed by atoms with Gasteiger partial charge in [0.2, 0.25) is 0 Å². The molecule has 0 atom stereocenters. The maximum absolute atomic E-state index is 12.3. The smallest absolute Gasteiger partial charge is 0.744 e. The monoisotopic (exact) mass is 1630 g/mol. The predicted molar refractivity (Wildman–Crippen MR) is 391 cm³/mol. The molecule has 2 aliphatic carbocycles. The van der Waals surface area contributed by atoms with E-state index in [4.69, 9.17) is 0 Å². The number of allylic oxidation sites excluding steroid dienone is 9. The molecule has 0 fully saturated rings. The minimum atomic E-state index is -4.96. The zero-order valence-electron chi connectivity index (χ0n) is 61.3. The van der Waals surface area contributed by atoms with Crippen molar-refractivity contribution < 1.29 is 230 Å². The van der Waals surface area contributed by atoms with Gasteiger partial charge in [-0.2, -0.15) is 8.42 Å². The van der Waals surface area contributed by atoms with E-state index in [-0.39, 0.29) is 178 Å². The number of carbonyl (C=O) groups excluding carboxylic acids is 1. The molecule has 0 spiro atoms. The molecule has 0 radical (unpaired) electrons. The summed E-state index contributed by atoms with van der Waals surface area (Å²) in [4.78, 5) is 18.7. The molecule has 542 valence electrons. The van der Waals surface area contributed by atoms with Crippen LogP contribution in [-0.2, 0) is 78.6 Å². The van der Waals surface area contributed by atoms with Crippen molar-refractivity contribution in [2.75, 3.05) is 41.3 Å². The van der Waals surface area contributed by atoms with Crippen molar-refractivity contribution in [3.8, 4) is 0 Å². The van der Waals surface area contributed by atoms with Gasteiger partial charge in [0.1, 0.15) is 55.5 Å². The fourth-order valence-electron chi connectivity index (χ4n) is 10.7. The average Bonchev–Trinajstić information content (AvgIpc) is 0.777. The molecule has 34 heteroatoms. The molecule has 0 bridgehead atoms. The fourth-order valence-corrected chi connectivity index (χ4v) is 14.3. The molecular weight excluding hydrogens is 1560 g/mol. The Morgan fingerprint density at radius 3 is 1.19 bits per heavy atom. The second-order valence-electron chi connectivity index (χ2n) is 22.8. The Balaban J connectivity index is 0.000000551. The minimum Gasteiger partial charge on any atom is -0.744 e. The first-order valence-electron chi connectivity index (χ1n) is 31.5. The van der Waals surface area contributed by atoms with Gasteiger partial charge >= 0.3 is 148 Å². The Morgan fingerprint density at radius 2 is 0.824 bits per heavy atom. The molecule has 2 N–H and O–H groups in total. The first-order valence-corrected chi connectivity index (χ1v) is 40.0. The van der Waals surface area contributed by atoms with Crippen molar-refractivity contribution in [3.05, 3.63) is 297 Å². The van der Waals surface area contributed by atoms with Crippen LogP contribution in [0.3, 0.4) is 0 Å². The van der Waals surface area contributed by atoms with Crippen LogP contribution < -0.4 is 163 Å². The van der Waals surface area contributed by atoms with Gasteiger partial charge in [0.25, 0.3) is 10.1 Å². The normalized spacial score (nSPS) is 13.0. The van der Waals surface area contributed by atoms with Crippen LogP contribution in [-0.4, -0.2) is 115 Å². The van der Waals surface area contributed by atoms with E-state index in [1.165, 1.54) is 72.8 Å². The average molecular weight is 1630 g/mol. The molecule has 0 saturated heterocycles. The van der Waals surface area contributed by atoms with Crippen LogP contribution in [0.4, 0.5) is 17.1 Å². The number of nitrogens with one attached hydrogen (secondary N) is 1. The first-order chi connectivity index (χ1) is 48.4. The summed E-state index contributed by atoms with van der Waals surface area (Å²) in [5.41, 5.74) is 10.5. The molecule has 10 rings (SSSR count). The van der Waals surface area contributed by atoms with Gasteiger partial charge in [-0.05, 0) is 213 Å². The number of carbonyl (C=O) groups is 1. The van der Waals surface area contributed by atoms with Crippen molar-refractivity contribution in [1.29, 1.82) is 0 Å². The number of nitrogens with zero attached hydrogens (tertiary/aromatic N) is 3. The summed E-state index contributed by atoms with van der Waals surface area (Å²) in [5, 5.41) is 3.20. The van der Waals surface area contributed by atoms with Crippen LogP contribution in [0.1, 0.15) is 72.2 Å². The second kappa shape index (κ2) is 44.7. The number of benzene rings is 8. The Morgan fingerprint density at radius 1 is 0.435 bits per heavy atom. The van der Waals surface area contributed by atoms with Gasteiger partial charge in [0.05, 0.1) is 30.2 Å². The van der Waals surface area contributed by atoms with Crippen LogP contribution in [0, 0.1) is 13.8 Å². The number of aliphatic imine (C=N–C) groups is 1. The van der Waals surface area contributed by atoms with Gasteiger partial charge in [0.15, 0.2) is 5.78 Å². The molecule has 0 aromatic heterocycles. The maximum atomic E-state index is 12.3. The minimum absolute atomic E-state index is 0. The van der Waals surface area contributed by atoms with Gasteiger partial charge in [0, 0.05) is 73.5 Å². The van der Waals surface area contributed by atoms with Crippen molar-refractivity contribution in [2.24, 2.45) is 4.99 Å². The van der Waals surface area contributed by atoms with Crippen molar-refractivity contribution in [1.82, 2.24) is 0 Å². The summed E-state index contributed by atoms with van der Waals surface area (Å²) in [6.45, 7) is 14.5. The summed E-state index contributed by atoms with van der Waals surface area (Å²) >= 11 is 0. The molecular formula is C74H71N4Na5O19S6. The zero-order chi connectivity index (χ0) is 75.7. The van der Waals surface area contributed by atoms with Crippen LogP contribution in [0.25, 0.3) is 11.1 Å². The summed E-state index contributed by atoms with van der Waals surface area (Å²) in [5.74, 6) is -0.590. The van der Waals surface area contributed by atoms with E-state index >= 15 is 0 Å². The Bertz CT molecular complexity index is 5320. The molecule has 0 amide bonds. The molecule has 0 unspecified atom stereocenters. The van der Waals surface area contributed by atoms with E-state index < -0.39 is 71.4 Å². The zero-order valence-corrected chi connectivity index (χ0v) is 76.2. The number of anilines is 3. The molecule has 108 heavy (non-hydrogen) atoms. The van der Waals surface area contributed by atoms with Gasteiger partial charge in [-0.15, -0.1) is 0 Å². The third-order valence-electron chi connectivity index (χ3n) is 15.5. The van der Waals surface area contributed by atoms with Crippen molar-refractivity contribution in [3.63, 3.8) is 0 Å². The van der Waals surface area contributed by atoms with Crippen LogP contribution in [0.15, 0.2) is 282 Å². The Hall–Kier alpha value is -4.60. The second-order valence-corrected chi connectivity index (χ2v) is 31.1. The van der Waals surface area contributed by atoms with Gasteiger partial charge in [-0.3, -0.25) is 14.3 Å². The van der Waals surface area contributed by atoms with Crippen molar-refractivity contribution in [2.45, 2.75) is 79.1 Å². The maximum Gasteiger partial charge on any atom is 1.00 e. The van der Waals surface area contributed by atoms with E-state index in [2.05, 4.69) is 10.3 Å². The fraction of sp³-hybridized carbons (Fsp3) is 0.162. The summed E-state index contributed by atoms with van der Waals surface area (Å²) in [6.07, 6.45) is 10.9. The molecule has 2 aliphatic rings. The van der Waals surface area contributed by atoms with Crippen molar-refractivity contribution >= 4 is 100 Å². The first kappa shape index (κ1) is 99.5. The third-order valence-corrected chi connectivity index (χ3v) is 20.6. The van der Waals surface area contributed by atoms with Crippen LogP contribution in [0.5, 0.6) is 0 Å². The van der Waals surface area contributed by atoms with E-state index in [9.17, 15) is 82.6 Å². The standard InChI is InChI=1S/C30H30N2O7S2.C30H30N2O6S2.2C7H8O3S.5Na/c1-3-31-24-12-8-22(9-13-24)30(28-17-16-26(33)19-29(28)41(37,38)39)23-10-14-25(15-11-23)32(4-2)20-21-6-5-7-27(18-21)40(34,35)36;1-3-31-25-16-12-23(13-17-25)30(28-10-5-6-11-29(28)40(36,37)38)24-14-18-26(19-15-24)32(4-2)21-22-8-7-9-27(20-22)39(33,34)35;2*1-6-3-2-4-7(5-6)11(8,9)10;;;;;/h5-19,31H,3-4,20H2,1-2H3,(H,34,35,36)(H,37,38,39);5-20H,3-4,21H2,1-2H3,(H,33,34,35)(H,36,37,38);2*2-5H,1H3,(H,8,9,10);;;;;/q;;;;5*+1/p-5. The number of aryl methyl sites for hydroxylation is 2. The molecule has 8 aromatic carbocycles. The van der Waals surface area contributed by atoms with E-state index in [1.807, 2.05) is 122 Å². The molecule has 0 saturated carbocycles. The summed E-state index contributed by atoms with van der Waals surface area (Å²) in [6, 6.07) is 52.0. The Labute approximate surface area is 743 Å². The van der Waals surface area contributed by atoms with Crippen LogP contribution >= 0.6 is 0 Å². The summed E-state index contributed by atoms with van der Waals surface area (Å²) in [7, 11) is -27.2. The molecule has 8 aromatic rings. The SMILES string of the molecule is CCN=C1C=CC(=C(c2ccc(N(CC)Cc3cccc(S(=O)(=O)[O-])c3)cc2)c2ccccc2S(=O)(=O)O)C=C1.CCNc1ccc(C(=C2C=CC(=O)C=C2S(=O)(=O)[O-])c2ccc(N(CC)Cc3cccc(S(=O)(=O)[O-])c3)cc2)cc1.Cc1cccc(S(=O)(=O)[O-])c1.Cc1cccc(S(=O)(=O)[O-])c1.[Na+].[Na+].[Na+].[Na+].[Na+].